The Balaban J connectivity index is 4.51. The second kappa shape index (κ2) is 47.3. The van der Waals surface area contributed by atoms with Gasteiger partial charge < -0.3 is 14.2 Å². The van der Waals surface area contributed by atoms with Crippen molar-refractivity contribution in [3.05, 3.63) is 85.1 Å². The maximum absolute atomic E-state index is 12.7. The molecule has 0 aromatic heterocycles. The lowest BCUT2D eigenvalue weighted by Crippen LogP contribution is -2.30. The summed E-state index contributed by atoms with van der Waals surface area (Å²) in [5.41, 5.74) is 0. The van der Waals surface area contributed by atoms with E-state index < -0.39 is 12.1 Å². The molecule has 0 heterocycles. The zero-order valence-corrected chi connectivity index (χ0v) is 38.2. The number of hydrogen-bond donors (Lipinski definition) is 0. The van der Waals surface area contributed by atoms with Crippen molar-refractivity contribution in [3.8, 4) is 0 Å². The number of carbonyl (C=O) groups excluding carboxylic acids is 3. The zero-order chi connectivity index (χ0) is 43.0. The Morgan fingerprint density at radius 2 is 0.746 bits per heavy atom. The first-order valence-electron chi connectivity index (χ1n) is 24.1. The van der Waals surface area contributed by atoms with Gasteiger partial charge in [-0.25, -0.2) is 0 Å². The van der Waals surface area contributed by atoms with Crippen LogP contribution >= 0.6 is 0 Å². The fraction of sp³-hybridized carbons (Fsp3) is 0.679. The average molecular weight is 821 g/mol. The van der Waals surface area contributed by atoms with Gasteiger partial charge in [0.05, 0.1) is 6.42 Å². The van der Waals surface area contributed by atoms with Crippen LogP contribution < -0.4 is 0 Å². The molecule has 0 aromatic rings. The van der Waals surface area contributed by atoms with Gasteiger partial charge in [-0.05, 0) is 89.9 Å². The second-order valence-corrected chi connectivity index (χ2v) is 15.6. The summed E-state index contributed by atoms with van der Waals surface area (Å²) in [6.45, 7) is 6.34. The van der Waals surface area contributed by atoms with Gasteiger partial charge in [-0.15, -0.1) is 0 Å². The molecule has 6 heteroatoms. The molecule has 1 unspecified atom stereocenters. The van der Waals surface area contributed by atoms with E-state index in [2.05, 4.69) is 93.7 Å². The Hall–Kier alpha value is -3.41. The van der Waals surface area contributed by atoms with Crippen molar-refractivity contribution in [2.75, 3.05) is 13.2 Å². The van der Waals surface area contributed by atoms with Gasteiger partial charge in [0.1, 0.15) is 13.2 Å². The smallest absolute Gasteiger partial charge is 0.310 e. The van der Waals surface area contributed by atoms with Gasteiger partial charge in [0, 0.05) is 12.8 Å². The van der Waals surface area contributed by atoms with E-state index in [9.17, 15) is 14.4 Å². The van der Waals surface area contributed by atoms with Gasteiger partial charge in [-0.3, -0.25) is 14.4 Å². The number of carbonyl (C=O) groups is 3. The summed E-state index contributed by atoms with van der Waals surface area (Å²) in [7, 11) is 0. The maximum atomic E-state index is 12.7. The first-order chi connectivity index (χ1) is 29.0. The second-order valence-electron chi connectivity index (χ2n) is 15.6. The molecule has 0 saturated carbocycles. The highest BCUT2D eigenvalue weighted by atomic mass is 16.6. The first kappa shape index (κ1) is 55.6. The van der Waals surface area contributed by atoms with Crippen LogP contribution in [-0.4, -0.2) is 37.2 Å². The Morgan fingerprint density at radius 1 is 0.373 bits per heavy atom. The minimum absolute atomic E-state index is 0.0926. The largest absolute Gasteiger partial charge is 0.462 e. The molecule has 0 aromatic carbocycles. The summed E-state index contributed by atoms with van der Waals surface area (Å²) in [5.74, 6) is -1.08. The van der Waals surface area contributed by atoms with Crippen molar-refractivity contribution in [1.82, 2.24) is 0 Å². The van der Waals surface area contributed by atoms with Crippen LogP contribution in [0.5, 0.6) is 0 Å². The zero-order valence-electron chi connectivity index (χ0n) is 38.2. The molecule has 1 atom stereocenters. The Bertz CT molecular complexity index is 1170. The van der Waals surface area contributed by atoms with Crippen LogP contribution in [-0.2, 0) is 28.6 Å². The molecule has 0 saturated heterocycles. The van der Waals surface area contributed by atoms with Crippen LogP contribution in [0.15, 0.2) is 85.1 Å². The summed E-state index contributed by atoms with van der Waals surface area (Å²) >= 11 is 0. The van der Waals surface area contributed by atoms with Gasteiger partial charge in [-0.1, -0.05) is 189 Å². The third kappa shape index (κ3) is 45.5. The molecule has 0 bridgehead atoms. The van der Waals surface area contributed by atoms with Crippen molar-refractivity contribution in [1.29, 1.82) is 0 Å². The average Bonchev–Trinajstić information content (AvgIpc) is 3.23. The SMILES string of the molecule is CC/C=C\C/C=C\C/C=C\C/C=C\C/C=C\CC(=O)OC(COC(=O)CCCCCCC/C=C\CCC)COC(=O)CCCCCCC/C=C\CCCCCCCCC. The molecular formula is C53H88O6. The highest BCUT2D eigenvalue weighted by molar-refractivity contribution is 5.72. The van der Waals surface area contributed by atoms with E-state index >= 15 is 0 Å². The Kier molecular flexibility index (Phi) is 44.5. The van der Waals surface area contributed by atoms with Crippen molar-refractivity contribution in [3.63, 3.8) is 0 Å². The van der Waals surface area contributed by atoms with Gasteiger partial charge in [0.15, 0.2) is 6.10 Å². The number of unbranched alkanes of at least 4 members (excludes halogenated alkanes) is 18. The lowest BCUT2D eigenvalue weighted by Gasteiger charge is -2.18. The predicted octanol–water partition coefficient (Wildman–Crippen LogP) is 15.6. The van der Waals surface area contributed by atoms with Crippen LogP contribution in [0.3, 0.4) is 0 Å². The standard InChI is InChI=1S/C53H88O6/c1-4-7-10-13-16-19-22-24-26-28-29-31-34-37-40-43-46-52(55)58-49-50(48-57-51(54)45-42-39-36-33-21-18-15-12-9-6-3)59-53(56)47-44-41-38-35-32-30-27-25-23-20-17-14-11-8-5-2/h8,11-12,15,17,20,25-28,32,35,41,44,50H,4-7,9-10,13-14,16,18-19,21-24,29-31,33-34,36-40,42-43,45-49H2,1-3H3/b11-8-,15-12-,20-17-,27-25-,28-26-,35-32-,44-41-. The molecule has 0 N–H and O–H groups in total. The number of hydrogen-bond acceptors (Lipinski definition) is 6. The highest BCUT2D eigenvalue weighted by Gasteiger charge is 2.19. The molecule has 0 rings (SSSR count). The molecule has 0 aliphatic rings. The molecule has 0 radical (unpaired) electrons. The van der Waals surface area contributed by atoms with E-state index in [-0.39, 0.29) is 31.6 Å². The highest BCUT2D eigenvalue weighted by Crippen LogP contribution is 2.13. The summed E-state index contributed by atoms with van der Waals surface area (Å²) in [4.78, 5) is 37.7. The number of ether oxygens (including phenoxy) is 3. The molecular weight excluding hydrogens is 733 g/mol. The summed E-state index contributed by atoms with van der Waals surface area (Å²) < 4.78 is 16.6. The van der Waals surface area contributed by atoms with Crippen molar-refractivity contribution < 1.29 is 28.6 Å². The van der Waals surface area contributed by atoms with Crippen LogP contribution in [0, 0.1) is 0 Å². The monoisotopic (exact) mass is 821 g/mol. The molecule has 0 amide bonds. The first-order valence-corrected chi connectivity index (χ1v) is 24.1. The van der Waals surface area contributed by atoms with Gasteiger partial charge >= 0.3 is 17.9 Å². The van der Waals surface area contributed by atoms with E-state index in [4.69, 9.17) is 14.2 Å². The lowest BCUT2D eigenvalue weighted by atomic mass is 10.1. The van der Waals surface area contributed by atoms with Crippen LogP contribution in [0.25, 0.3) is 0 Å². The van der Waals surface area contributed by atoms with Crippen LogP contribution in [0.1, 0.15) is 213 Å². The summed E-state index contributed by atoms with van der Waals surface area (Å²) in [6, 6.07) is 0. The van der Waals surface area contributed by atoms with Crippen LogP contribution in [0.4, 0.5) is 0 Å². The number of allylic oxidation sites excluding steroid dienone is 13. The van der Waals surface area contributed by atoms with Gasteiger partial charge in [-0.2, -0.15) is 0 Å². The topological polar surface area (TPSA) is 78.9 Å². The normalized spacial score (nSPS) is 12.8. The fourth-order valence-corrected chi connectivity index (χ4v) is 6.28. The van der Waals surface area contributed by atoms with Crippen molar-refractivity contribution >= 4 is 17.9 Å². The Morgan fingerprint density at radius 3 is 1.17 bits per heavy atom. The number of esters is 3. The van der Waals surface area contributed by atoms with Gasteiger partial charge in [0.25, 0.3) is 0 Å². The van der Waals surface area contributed by atoms with Gasteiger partial charge in [0.2, 0.25) is 0 Å². The van der Waals surface area contributed by atoms with Crippen molar-refractivity contribution in [2.45, 2.75) is 219 Å². The lowest BCUT2D eigenvalue weighted by molar-refractivity contribution is -0.166. The molecule has 59 heavy (non-hydrogen) atoms. The summed E-state index contributed by atoms with van der Waals surface area (Å²) in [6.07, 6.45) is 60.2. The minimum atomic E-state index is -0.835. The van der Waals surface area contributed by atoms with E-state index in [1.807, 2.05) is 6.08 Å². The Labute approximate surface area is 363 Å². The minimum Gasteiger partial charge on any atom is -0.462 e. The third-order valence-corrected chi connectivity index (χ3v) is 9.87. The van der Waals surface area contributed by atoms with Crippen LogP contribution in [0.2, 0.25) is 0 Å². The molecule has 6 nitrogen and oxygen atoms in total. The van der Waals surface area contributed by atoms with E-state index in [0.717, 1.165) is 103 Å². The molecule has 336 valence electrons. The quantitative estimate of drug-likeness (QED) is 0.0264. The predicted molar refractivity (Wildman–Crippen MR) is 251 cm³/mol. The molecule has 0 spiro atoms. The molecule has 0 aliphatic carbocycles. The molecule has 0 aliphatic heterocycles. The van der Waals surface area contributed by atoms with E-state index in [0.29, 0.717) is 12.8 Å². The fourth-order valence-electron chi connectivity index (χ4n) is 6.28. The third-order valence-electron chi connectivity index (χ3n) is 9.87. The van der Waals surface area contributed by atoms with E-state index in [1.165, 1.54) is 70.6 Å². The summed E-state index contributed by atoms with van der Waals surface area (Å²) in [5, 5.41) is 0. The van der Waals surface area contributed by atoms with E-state index in [1.54, 1.807) is 6.08 Å². The maximum Gasteiger partial charge on any atom is 0.310 e. The van der Waals surface area contributed by atoms with Crippen molar-refractivity contribution in [2.24, 2.45) is 0 Å². The number of rotatable bonds is 42. The molecule has 0 fully saturated rings.